The second-order valence-corrected chi connectivity index (χ2v) is 5.46. The number of amides is 1. The number of carbonyl (C=O) groups excluding carboxylic acids is 1. The van der Waals surface area contributed by atoms with E-state index in [9.17, 15) is 9.90 Å². The number of hydrogen-bond donors (Lipinski definition) is 2. The number of aliphatic hydroxyl groups is 1. The predicted octanol–water partition coefficient (Wildman–Crippen LogP) is 1.38. The molecule has 1 amide bonds. The summed E-state index contributed by atoms with van der Waals surface area (Å²) in [5.74, 6) is 0.430. The van der Waals surface area contributed by atoms with E-state index in [-0.39, 0.29) is 18.1 Å². The highest BCUT2D eigenvalue weighted by Gasteiger charge is 2.28. The number of nitrogens with zero attached hydrogens (tertiary/aromatic N) is 1. The Morgan fingerprint density at radius 2 is 2.22 bits per heavy atom. The molecule has 4 heteroatoms. The molecule has 3 unspecified atom stereocenters. The molecule has 1 rings (SSSR count). The summed E-state index contributed by atoms with van der Waals surface area (Å²) in [5, 5.41) is 12.6. The highest BCUT2D eigenvalue weighted by molar-refractivity contribution is 5.81. The first-order chi connectivity index (χ1) is 8.56. The van der Waals surface area contributed by atoms with Crippen LogP contribution in [0, 0.1) is 5.92 Å². The van der Waals surface area contributed by atoms with E-state index >= 15 is 0 Å². The third-order valence-electron chi connectivity index (χ3n) is 3.93. The maximum absolute atomic E-state index is 12.0. The highest BCUT2D eigenvalue weighted by Crippen LogP contribution is 2.21. The van der Waals surface area contributed by atoms with E-state index in [1.165, 1.54) is 0 Å². The summed E-state index contributed by atoms with van der Waals surface area (Å²) in [6.45, 7) is 8.50. The number of hydrogen-bond acceptors (Lipinski definition) is 3. The zero-order valence-corrected chi connectivity index (χ0v) is 12.0. The molecule has 1 aliphatic rings. The topological polar surface area (TPSA) is 52.6 Å². The number of aliphatic hydroxyl groups excluding tert-OH is 1. The second-order valence-electron chi connectivity index (χ2n) is 5.46. The fourth-order valence-corrected chi connectivity index (χ4v) is 2.49. The van der Waals surface area contributed by atoms with Gasteiger partial charge in [0.2, 0.25) is 5.91 Å². The minimum Gasteiger partial charge on any atom is -0.393 e. The molecule has 2 N–H and O–H groups in total. The summed E-state index contributed by atoms with van der Waals surface area (Å²) >= 11 is 0. The summed E-state index contributed by atoms with van der Waals surface area (Å²) in [4.78, 5) is 14.2. The molecule has 0 aromatic heterocycles. The van der Waals surface area contributed by atoms with Crippen LogP contribution < -0.4 is 5.32 Å². The van der Waals surface area contributed by atoms with E-state index in [2.05, 4.69) is 17.1 Å². The number of nitrogens with one attached hydrogen (secondary N) is 1. The smallest absolute Gasteiger partial charge is 0.237 e. The molecule has 0 saturated carbocycles. The van der Waals surface area contributed by atoms with Gasteiger partial charge in [-0.15, -0.1) is 0 Å². The number of carbonyl (C=O) groups is 1. The van der Waals surface area contributed by atoms with Crippen molar-refractivity contribution >= 4 is 5.91 Å². The Bertz CT molecular complexity index is 256. The number of piperidine rings is 1. The van der Waals surface area contributed by atoms with Gasteiger partial charge in [-0.2, -0.15) is 0 Å². The van der Waals surface area contributed by atoms with Crippen molar-refractivity contribution < 1.29 is 9.90 Å². The summed E-state index contributed by atoms with van der Waals surface area (Å²) in [6.07, 6.45) is 4.00. The Morgan fingerprint density at radius 1 is 1.50 bits per heavy atom. The molecule has 106 valence electrons. The van der Waals surface area contributed by atoms with Gasteiger partial charge in [-0.25, -0.2) is 0 Å². The Hall–Kier alpha value is -0.610. The van der Waals surface area contributed by atoms with Crippen molar-refractivity contribution in [3.63, 3.8) is 0 Å². The van der Waals surface area contributed by atoms with Crippen molar-refractivity contribution in [2.24, 2.45) is 5.92 Å². The third kappa shape index (κ3) is 4.58. The molecule has 1 fully saturated rings. The minimum atomic E-state index is -0.275. The summed E-state index contributed by atoms with van der Waals surface area (Å²) in [6, 6.07) is -0.0802. The van der Waals surface area contributed by atoms with Gasteiger partial charge >= 0.3 is 0 Å². The Labute approximate surface area is 111 Å². The van der Waals surface area contributed by atoms with E-state index in [0.29, 0.717) is 5.92 Å². The zero-order valence-electron chi connectivity index (χ0n) is 12.0. The Morgan fingerprint density at radius 3 is 2.83 bits per heavy atom. The van der Waals surface area contributed by atoms with Crippen LogP contribution in [-0.4, -0.2) is 47.7 Å². The van der Waals surface area contributed by atoms with Crippen LogP contribution in [0.3, 0.4) is 0 Å². The maximum Gasteiger partial charge on any atom is 0.237 e. The van der Waals surface area contributed by atoms with E-state index in [0.717, 1.165) is 45.3 Å². The van der Waals surface area contributed by atoms with Crippen molar-refractivity contribution in [1.29, 1.82) is 0 Å². The average Bonchev–Trinajstić information content (AvgIpc) is 2.38. The van der Waals surface area contributed by atoms with E-state index in [1.54, 1.807) is 0 Å². The van der Waals surface area contributed by atoms with Gasteiger partial charge in [0.1, 0.15) is 0 Å². The molecular formula is C14H28N2O2. The van der Waals surface area contributed by atoms with Gasteiger partial charge in [0, 0.05) is 13.1 Å². The molecule has 0 aromatic carbocycles. The van der Waals surface area contributed by atoms with Gasteiger partial charge in [-0.05, 0) is 45.6 Å². The lowest BCUT2D eigenvalue weighted by atomic mass is 9.92. The fraction of sp³-hybridized carbons (Fsp3) is 0.929. The summed E-state index contributed by atoms with van der Waals surface area (Å²) in [7, 11) is 0. The lowest BCUT2D eigenvalue weighted by Gasteiger charge is -2.37. The minimum absolute atomic E-state index is 0.0802. The summed E-state index contributed by atoms with van der Waals surface area (Å²) in [5.41, 5.74) is 0. The van der Waals surface area contributed by atoms with Crippen LogP contribution in [0.4, 0.5) is 0 Å². The molecule has 0 radical (unpaired) electrons. The van der Waals surface area contributed by atoms with Crippen molar-refractivity contribution in [2.45, 2.75) is 58.6 Å². The van der Waals surface area contributed by atoms with Crippen LogP contribution >= 0.6 is 0 Å². The van der Waals surface area contributed by atoms with Crippen LogP contribution in [0.25, 0.3) is 0 Å². The lowest BCUT2D eigenvalue weighted by Crippen LogP contribution is -2.50. The Kier molecular flexibility index (Phi) is 6.65. The number of rotatable bonds is 6. The summed E-state index contributed by atoms with van der Waals surface area (Å²) < 4.78 is 0. The van der Waals surface area contributed by atoms with E-state index < -0.39 is 0 Å². The van der Waals surface area contributed by atoms with Crippen molar-refractivity contribution in [3.8, 4) is 0 Å². The molecular weight excluding hydrogens is 228 g/mol. The molecule has 3 atom stereocenters. The largest absolute Gasteiger partial charge is 0.393 e. The maximum atomic E-state index is 12.0. The molecule has 0 aromatic rings. The number of likely N-dealkylation sites (tertiary alicyclic amines) is 1. The van der Waals surface area contributed by atoms with Crippen molar-refractivity contribution in [2.75, 3.05) is 19.6 Å². The third-order valence-corrected chi connectivity index (χ3v) is 3.93. The number of unbranched alkanes of at least 4 members (excludes halogenated alkanes) is 1. The van der Waals surface area contributed by atoms with Crippen LogP contribution in [0.15, 0.2) is 0 Å². The molecule has 0 bridgehead atoms. The normalized spacial score (nSPS) is 24.6. The van der Waals surface area contributed by atoms with Crippen LogP contribution in [0.2, 0.25) is 0 Å². The van der Waals surface area contributed by atoms with E-state index in [4.69, 9.17) is 0 Å². The van der Waals surface area contributed by atoms with Crippen LogP contribution in [-0.2, 0) is 4.79 Å². The quantitative estimate of drug-likeness (QED) is 0.706. The van der Waals surface area contributed by atoms with Crippen LogP contribution in [0.1, 0.15) is 46.5 Å². The molecule has 1 aliphatic heterocycles. The van der Waals surface area contributed by atoms with Crippen LogP contribution in [0.5, 0.6) is 0 Å². The van der Waals surface area contributed by atoms with Gasteiger partial charge in [-0.3, -0.25) is 9.69 Å². The first-order valence-electron chi connectivity index (χ1n) is 7.26. The SMILES string of the molecule is CCCCNC(=O)C(C)N1CCCC(C(C)O)C1. The predicted molar refractivity (Wildman–Crippen MR) is 73.4 cm³/mol. The monoisotopic (exact) mass is 256 g/mol. The standard InChI is InChI=1S/C14H28N2O2/c1-4-5-8-15-14(18)11(2)16-9-6-7-13(10-16)12(3)17/h11-13,17H,4-10H2,1-3H3,(H,15,18). The average molecular weight is 256 g/mol. The zero-order chi connectivity index (χ0) is 13.5. The van der Waals surface area contributed by atoms with Gasteiger partial charge in [0.05, 0.1) is 12.1 Å². The highest BCUT2D eigenvalue weighted by atomic mass is 16.3. The van der Waals surface area contributed by atoms with Gasteiger partial charge in [0.25, 0.3) is 0 Å². The molecule has 0 aliphatic carbocycles. The molecule has 1 saturated heterocycles. The molecule has 0 spiro atoms. The van der Waals surface area contributed by atoms with Crippen molar-refractivity contribution in [1.82, 2.24) is 10.2 Å². The van der Waals surface area contributed by atoms with Gasteiger partial charge in [-0.1, -0.05) is 13.3 Å². The first-order valence-corrected chi connectivity index (χ1v) is 7.26. The molecule has 4 nitrogen and oxygen atoms in total. The molecule has 18 heavy (non-hydrogen) atoms. The molecule has 1 heterocycles. The second kappa shape index (κ2) is 7.74. The van der Waals surface area contributed by atoms with Gasteiger partial charge < -0.3 is 10.4 Å². The van der Waals surface area contributed by atoms with Crippen molar-refractivity contribution in [3.05, 3.63) is 0 Å². The fourth-order valence-electron chi connectivity index (χ4n) is 2.49. The van der Waals surface area contributed by atoms with Gasteiger partial charge in [0.15, 0.2) is 0 Å². The Balaban J connectivity index is 2.40. The lowest BCUT2D eigenvalue weighted by molar-refractivity contribution is -0.127. The van der Waals surface area contributed by atoms with E-state index in [1.807, 2.05) is 13.8 Å². The first kappa shape index (κ1) is 15.4.